The van der Waals surface area contributed by atoms with E-state index >= 15 is 0 Å². The molecule has 0 radical (unpaired) electrons. The lowest BCUT2D eigenvalue weighted by Gasteiger charge is -2.17. The molecule has 0 saturated carbocycles. The van der Waals surface area contributed by atoms with Crippen molar-refractivity contribution in [2.75, 3.05) is 11.9 Å². The molecule has 1 aliphatic carbocycles. The van der Waals surface area contributed by atoms with E-state index in [2.05, 4.69) is 15.3 Å². The van der Waals surface area contributed by atoms with Crippen molar-refractivity contribution in [2.24, 2.45) is 0 Å². The third-order valence-electron chi connectivity index (χ3n) is 4.77. The Kier molecular flexibility index (Phi) is 5.47. The Hall–Kier alpha value is -2.61. The first-order chi connectivity index (χ1) is 13.7. The molecule has 3 aromatic heterocycles. The van der Waals surface area contributed by atoms with Crippen LogP contribution in [0.2, 0.25) is 0 Å². The number of aromatic nitrogens is 4. The molecule has 3 aromatic rings. The minimum atomic E-state index is -0.214. The van der Waals surface area contributed by atoms with E-state index in [1.165, 1.54) is 23.3 Å². The Morgan fingerprint density at radius 2 is 2.14 bits per heavy atom. The number of hydrogen-bond donors (Lipinski definition) is 1. The number of carbonyl (C=O) groups is 1. The highest BCUT2D eigenvalue weighted by Crippen LogP contribution is 2.39. The largest absolute Gasteiger partial charge is 0.466 e. The van der Waals surface area contributed by atoms with E-state index in [0.29, 0.717) is 18.1 Å². The lowest BCUT2D eigenvalue weighted by molar-refractivity contribution is -0.143. The van der Waals surface area contributed by atoms with Crippen molar-refractivity contribution in [1.29, 1.82) is 0 Å². The van der Waals surface area contributed by atoms with Crippen LogP contribution in [0.5, 0.6) is 0 Å². The maximum atomic E-state index is 11.9. The third-order valence-corrected chi connectivity index (χ3v) is 5.95. The number of anilines is 1. The van der Waals surface area contributed by atoms with E-state index in [0.717, 1.165) is 28.9 Å². The fourth-order valence-corrected chi connectivity index (χ4v) is 4.81. The maximum absolute atomic E-state index is 11.9. The topological polar surface area (TPSA) is 89.9 Å². The molecule has 7 nitrogen and oxygen atoms in total. The summed E-state index contributed by atoms with van der Waals surface area (Å²) in [7, 11) is 0. The van der Waals surface area contributed by atoms with Crippen LogP contribution in [-0.4, -0.2) is 38.6 Å². The zero-order chi connectivity index (χ0) is 19.5. The van der Waals surface area contributed by atoms with E-state index in [-0.39, 0.29) is 18.4 Å². The number of fused-ring (bicyclic) bond motifs is 3. The lowest BCUT2D eigenvalue weighted by Crippen LogP contribution is -2.22. The second kappa shape index (κ2) is 8.18. The number of nitrogens with one attached hydrogen (secondary N) is 1. The van der Waals surface area contributed by atoms with Crippen molar-refractivity contribution in [3.8, 4) is 11.5 Å². The highest BCUT2D eigenvalue weighted by atomic mass is 32.1. The number of nitrogens with zero attached hydrogens (tertiary/aromatic N) is 4. The monoisotopic (exact) mass is 397 g/mol. The first-order valence-electron chi connectivity index (χ1n) is 9.66. The molecule has 0 fully saturated rings. The van der Waals surface area contributed by atoms with Crippen LogP contribution in [0.4, 0.5) is 5.82 Å². The minimum absolute atomic E-state index is 0.106. The van der Waals surface area contributed by atoms with Gasteiger partial charge in [0.25, 0.3) is 0 Å². The average molecular weight is 398 g/mol. The molecule has 4 rings (SSSR count). The van der Waals surface area contributed by atoms with Gasteiger partial charge < -0.3 is 10.1 Å². The molecule has 0 bridgehead atoms. The van der Waals surface area contributed by atoms with Gasteiger partial charge in [0, 0.05) is 23.3 Å². The third kappa shape index (κ3) is 3.82. The smallest absolute Gasteiger partial charge is 0.307 e. The molecule has 1 aliphatic rings. The molecule has 0 spiro atoms. The van der Waals surface area contributed by atoms with Crippen LogP contribution in [0.1, 0.15) is 43.6 Å². The number of ether oxygens (including phenoxy) is 1. The molecular weight excluding hydrogens is 374 g/mol. The first-order valence-corrected chi connectivity index (χ1v) is 10.5. The summed E-state index contributed by atoms with van der Waals surface area (Å²) >= 11 is 1.74. The van der Waals surface area contributed by atoms with Crippen LogP contribution in [0, 0.1) is 0 Å². The summed E-state index contributed by atoms with van der Waals surface area (Å²) in [6.45, 7) is 4.17. The summed E-state index contributed by atoms with van der Waals surface area (Å²) in [6.07, 6.45) is 9.76. The highest BCUT2D eigenvalue weighted by molar-refractivity contribution is 7.19. The number of hydrogen-bond acceptors (Lipinski definition) is 8. The van der Waals surface area contributed by atoms with Crippen LogP contribution < -0.4 is 5.32 Å². The van der Waals surface area contributed by atoms with Gasteiger partial charge in [-0.3, -0.25) is 9.78 Å². The zero-order valence-electron chi connectivity index (χ0n) is 16.1. The Labute approximate surface area is 167 Å². The second-order valence-electron chi connectivity index (χ2n) is 6.93. The van der Waals surface area contributed by atoms with Gasteiger partial charge in [-0.2, -0.15) is 0 Å². The van der Waals surface area contributed by atoms with Gasteiger partial charge in [-0.05, 0) is 45.1 Å². The van der Waals surface area contributed by atoms with Crippen molar-refractivity contribution in [3.63, 3.8) is 0 Å². The van der Waals surface area contributed by atoms with Gasteiger partial charge >= 0.3 is 5.97 Å². The first kappa shape index (κ1) is 18.7. The molecule has 0 saturated heterocycles. The molecule has 8 heteroatoms. The molecule has 146 valence electrons. The van der Waals surface area contributed by atoms with Gasteiger partial charge in [-0.1, -0.05) is 0 Å². The van der Waals surface area contributed by atoms with Crippen molar-refractivity contribution in [3.05, 3.63) is 29.0 Å². The quantitative estimate of drug-likeness (QED) is 0.633. The Balaban J connectivity index is 1.75. The summed E-state index contributed by atoms with van der Waals surface area (Å²) < 4.78 is 5.08. The maximum Gasteiger partial charge on any atom is 0.307 e. The van der Waals surface area contributed by atoms with E-state index in [1.54, 1.807) is 29.9 Å². The molecule has 1 unspecified atom stereocenters. The Morgan fingerprint density at radius 1 is 1.29 bits per heavy atom. The molecule has 1 atom stereocenters. The van der Waals surface area contributed by atoms with Gasteiger partial charge in [0.2, 0.25) is 0 Å². The normalized spacial score (nSPS) is 14.5. The lowest BCUT2D eigenvalue weighted by atomic mass is 9.97. The van der Waals surface area contributed by atoms with Crippen LogP contribution in [-0.2, 0) is 22.4 Å². The fraction of sp³-hybridized carbons (Fsp3) is 0.450. The van der Waals surface area contributed by atoms with Crippen molar-refractivity contribution in [2.45, 2.75) is 52.0 Å². The summed E-state index contributed by atoms with van der Waals surface area (Å²) in [5.74, 6) is 1.10. The van der Waals surface area contributed by atoms with Gasteiger partial charge in [0.1, 0.15) is 16.3 Å². The SMILES string of the molecule is CCOC(=O)CC(C)Nc1nc(-c2cnccn2)nc2sc3c(c12)CCCC3. The van der Waals surface area contributed by atoms with Crippen LogP contribution in [0.15, 0.2) is 18.6 Å². The number of thiophene rings is 1. The van der Waals surface area contributed by atoms with Gasteiger partial charge in [0.05, 0.1) is 24.6 Å². The van der Waals surface area contributed by atoms with E-state index < -0.39 is 0 Å². The predicted octanol–water partition coefficient (Wildman–Crippen LogP) is 3.78. The predicted molar refractivity (Wildman–Crippen MR) is 109 cm³/mol. The molecule has 28 heavy (non-hydrogen) atoms. The van der Waals surface area contributed by atoms with Gasteiger partial charge in [0.15, 0.2) is 5.82 Å². The van der Waals surface area contributed by atoms with Crippen molar-refractivity contribution >= 4 is 33.3 Å². The van der Waals surface area contributed by atoms with Crippen LogP contribution in [0.3, 0.4) is 0 Å². The molecule has 0 amide bonds. The molecule has 0 aliphatic heterocycles. The second-order valence-corrected chi connectivity index (χ2v) is 8.02. The van der Waals surface area contributed by atoms with E-state index in [4.69, 9.17) is 14.7 Å². The summed E-state index contributed by atoms with van der Waals surface area (Å²) in [5.41, 5.74) is 1.99. The summed E-state index contributed by atoms with van der Waals surface area (Å²) in [5, 5.41) is 4.51. The molecular formula is C20H23N5O2S. The Bertz CT molecular complexity index is 989. The van der Waals surface area contributed by atoms with Crippen molar-refractivity contribution in [1.82, 2.24) is 19.9 Å². The highest BCUT2D eigenvalue weighted by Gasteiger charge is 2.23. The van der Waals surface area contributed by atoms with E-state index in [1.807, 2.05) is 13.8 Å². The number of rotatable bonds is 6. The molecule has 0 aromatic carbocycles. The number of esters is 1. The Morgan fingerprint density at radius 3 is 2.93 bits per heavy atom. The standard InChI is InChI=1S/C20H23N5O2S/c1-3-27-16(26)10-12(2)23-19-17-13-6-4-5-7-15(13)28-20(17)25-18(24-19)14-11-21-8-9-22-14/h8-9,11-12H,3-7,10H2,1-2H3,(H,23,24,25). The van der Waals surface area contributed by atoms with Crippen LogP contribution >= 0.6 is 11.3 Å². The van der Waals surface area contributed by atoms with Crippen molar-refractivity contribution < 1.29 is 9.53 Å². The molecule has 3 heterocycles. The van der Waals surface area contributed by atoms with Gasteiger partial charge in [-0.15, -0.1) is 11.3 Å². The fourth-order valence-electron chi connectivity index (χ4n) is 3.55. The summed E-state index contributed by atoms with van der Waals surface area (Å²) in [6, 6.07) is -0.106. The summed E-state index contributed by atoms with van der Waals surface area (Å²) in [4.78, 5) is 32.3. The average Bonchev–Trinajstić information content (AvgIpc) is 3.07. The van der Waals surface area contributed by atoms with Gasteiger partial charge in [-0.25, -0.2) is 15.0 Å². The minimum Gasteiger partial charge on any atom is -0.466 e. The van der Waals surface area contributed by atoms with Crippen LogP contribution in [0.25, 0.3) is 21.7 Å². The number of aryl methyl sites for hydroxylation is 2. The number of carbonyl (C=O) groups excluding carboxylic acids is 1. The molecule has 1 N–H and O–H groups in total. The zero-order valence-corrected chi connectivity index (χ0v) is 16.9. The van der Waals surface area contributed by atoms with E-state index in [9.17, 15) is 4.79 Å².